The Morgan fingerprint density at radius 3 is 2.79 bits per heavy atom. The van der Waals surface area contributed by atoms with Gasteiger partial charge in [0.05, 0.1) is 6.61 Å². The van der Waals surface area contributed by atoms with Gasteiger partial charge in [0, 0.05) is 6.04 Å². The van der Waals surface area contributed by atoms with Crippen LogP contribution in [-0.4, -0.2) is 19.6 Å². The van der Waals surface area contributed by atoms with E-state index >= 15 is 0 Å². The van der Waals surface area contributed by atoms with E-state index in [2.05, 4.69) is 18.6 Å². The van der Waals surface area contributed by atoms with E-state index in [1.54, 1.807) is 11.4 Å². The molecule has 0 radical (unpaired) electrons. The van der Waals surface area contributed by atoms with Crippen molar-refractivity contribution in [1.29, 1.82) is 0 Å². The molecule has 19 heavy (non-hydrogen) atoms. The summed E-state index contributed by atoms with van der Waals surface area (Å²) in [5.41, 5.74) is 0.649. The summed E-state index contributed by atoms with van der Waals surface area (Å²) in [6.45, 7) is 4.11. The van der Waals surface area contributed by atoms with Crippen LogP contribution in [0.1, 0.15) is 45.1 Å². The smallest absolute Gasteiger partial charge is 0.250 e. The van der Waals surface area contributed by atoms with Crippen LogP contribution in [0.2, 0.25) is 0 Å². The van der Waals surface area contributed by atoms with Crippen LogP contribution in [0.4, 0.5) is 0 Å². The van der Waals surface area contributed by atoms with Crippen LogP contribution < -0.4 is 4.72 Å². The normalized spacial score (nSPS) is 23.4. The van der Waals surface area contributed by atoms with E-state index in [9.17, 15) is 8.42 Å². The Labute approximate surface area is 118 Å². The lowest BCUT2D eigenvalue weighted by Crippen LogP contribution is -2.46. The fourth-order valence-corrected chi connectivity index (χ4v) is 5.19. The van der Waals surface area contributed by atoms with Gasteiger partial charge in [-0.25, -0.2) is 13.1 Å². The quantitative estimate of drug-likeness (QED) is 0.898. The van der Waals surface area contributed by atoms with Gasteiger partial charge in [-0.05, 0) is 35.3 Å². The van der Waals surface area contributed by atoms with Crippen LogP contribution in [0, 0.1) is 5.41 Å². The fourth-order valence-electron chi connectivity index (χ4n) is 2.53. The molecule has 0 amide bonds. The van der Waals surface area contributed by atoms with Gasteiger partial charge in [-0.1, -0.05) is 26.7 Å². The Morgan fingerprint density at radius 1 is 1.47 bits per heavy atom. The second-order valence-corrected chi connectivity index (χ2v) is 8.69. The molecule has 2 rings (SSSR count). The van der Waals surface area contributed by atoms with Crippen LogP contribution in [-0.2, 0) is 16.6 Å². The van der Waals surface area contributed by atoms with Gasteiger partial charge in [-0.3, -0.25) is 0 Å². The van der Waals surface area contributed by atoms with Gasteiger partial charge in [0.15, 0.2) is 0 Å². The molecule has 1 atom stereocenters. The van der Waals surface area contributed by atoms with Gasteiger partial charge in [0.1, 0.15) is 4.21 Å². The van der Waals surface area contributed by atoms with E-state index < -0.39 is 10.0 Å². The van der Waals surface area contributed by atoms with Crippen molar-refractivity contribution in [2.24, 2.45) is 5.41 Å². The number of aliphatic hydroxyl groups is 1. The maximum absolute atomic E-state index is 12.3. The average molecular weight is 303 g/mol. The summed E-state index contributed by atoms with van der Waals surface area (Å²) in [5, 5.41) is 10.7. The molecule has 4 nitrogen and oxygen atoms in total. The molecule has 6 heteroatoms. The van der Waals surface area contributed by atoms with Gasteiger partial charge in [-0.15, -0.1) is 11.3 Å². The van der Waals surface area contributed by atoms with E-state index in [4.69, 9.17) is 5.11 Å². The van der Waals surface area contributed by atoms with Crippen molar-refractivity contribution in [3.63, 3.8) is 0 Å². The lowest BCUT2D eigenvalue weighted by molar-refractivity contribution is 0.188. The summed E-state index contributed by atoms with van der Waals surface area (Å²) < 4.78 is 27.8. The number of thiophene rings is 1. The molecule has 2 N–H and O–H groups in total. The highest BCUT2D eigenvalue weighted by atomic mass is 32.2. The third-order valence-electron chi connectivity index (χ3n) is 3.88. The van der Waals surface area contributed by atoms with Crippen molar-refractivity contribution in [2.75, 3.05) is 0 Å². The minimum atomic E-state index is -3.46. The molecule has 108 valence electrons. The summed E-state index contributed by atoms with van der Waals surface area (Å²) in [5.74, 6) is 0. The Bertz CT molecular complexity index is 534. The minimum Gasteiger partial charge on any atom is -0.392 e. The molecule has 0 saturated heterocycles. The highest BCUT2D eigenvalue weighted by Gasteiger charge is 2.35. The highest BCUT2D eigenvalue weighted by molar-refractivity contribution is 7.91. The van der Waals surface area contributed by atoms with Gasteiger partial charge in [0.2, 0.25) is 10.0 Å². The van der Waals surface area contributed by atoms with Crippen molar-refractivity contribution in [3.05, 3.63) is 17.0 Å². The van der Waals surface area contributed by atoms with Crippen LogP contribution in [0.3, 0.4) is 0 Å². The third kappa shape index (κ3) is 3.37. The molecule has 1 aromatic rings. The van der Waals surface area contributed by atoms with Crippen molar-refractivity contribution >= 4 is 21.4 Å². The van der Waals surface area contributed by atoms with Crippen LogP contribution in [0.25, 0.3) is 0 Å². The molecule has 1 aliphatic rings. The fraction of sp³-hybridized carbons (Fsp3) is 0.692. The largest absolute Gasteiger partial charge is 0.392 e. The number of hydrogen-bond donors (Lipinski definition) is 2. The second-order valence-electron chi connectivity index (χ2n) is 5.84. The monoisotopic (exact) mass is 303 g/mol. The molecule has 1 saturated carbocycles. The first-order chi connectivity index (χ1) is 8.85. The number of sulfonamides is 1. The first kappa shape index (κ1) is 15.0. The maximum Gasteiger partial charge on any atom is 0.250 e. The number of aliphatic hydroxyl groups excluding tert-OH is 1. The molecule has 0 aliphatic heterocycles. The van der Waals surface area contributed by atoms with Crippen molar-refractivity contribution in [3.8, 4) is 0 Å². The Kier molecular flexibility index (Phi) is 4.35. The molecule has 0 aromatic carbocycles. The zero-order valence-electron chi connectivity index (χ0n) is 11.3. The molecular formula is C13H21NO3S2. The molecule has 1 heterocycles. The second kappa shape index (κ2) is 5.52. The number of hydrogen-bond acceptors (Lipinski definition) is 4. The van der Waals surface area contributed by atoms with E-state index in [0.29, 0.717) is 5.56 Å². The lowest BCUT2D eigenvalue weighted by Gasteiger charge is -2.38. The first-order valence-electron chi connectivity index (χ1n) is 6.56. The summed E-state index contributed by atoms with van der Waals surface area (Å²) in [6, 6.07) is 1.54. The minimum absolute atomic E-state index is 0.00237. The van der Waals surface area contributed by atoms with Crippen LogP contribution in [0.15, 0.2) is 15.7 Å². The molecule has 1 aliphatic carbocycles. The zero-order valence-corrected chi connectivity index (χ0v) is 13.0. The summed E-state index contributed by atoms with van der Waals surface area (Å²) in [7, 11) is -3.46. The molecule has 1 fully saturated rings. The van der Waals surface area contributed by atoms with Gasteiger partial charge in [-0.2, -0.15) is 0 Å². The van der Waals surface area contributed by atoms with E-state index in [1.165, 1.54) is 6.42 Å². The molecule has 0 bridgehead atoms. The number of nitrogens with one attached hydrogen (secondary N) is 1. The van der Waals surface area contributed by atoms with Crippen molar-refractivity contribution < 1.29 is 13.5 Å². The molecule has 1 aromatic heterocycles. The first-order valence-corrected chi connectivity index (χ1v) is 8.92. The molecule has 0 spiro atoms. The Morgan fingerprint density at radius 2 is 2.21 bits per heavy atom. The average Bonchev–Trinajstić information content (AvgIpc) is 2.81. The zero-order chi connectivity index (χ0) is 14.1. The van der Waals surface area contributed by atoms with Crippen LogP contribution in [0.5, 0.6) is 0 Å². The van der Waals surface area contributed by atoms with Gasteiger partial charge >= 0.3 is 0 Å². The third-order valence-corrected chi connectivity index (χ3v) is 6.84. The lowest BCUT2D eigenvalue weighted by atomic mass is 9.74. The Balaban J connectivity index is 2.16. The van der Waals surface area contributed by atoms with E-state index in [-0.39, 0.29) is 22.3 Å². The summed E-state index contributed by atoms with van der Waals surface area (Å²) in [6.07, 6.45) is 4.18. The summed E-state index contributed by atoms with van der Waals surface area (Å²) in [4.78, 5) is 0. The van der Waals surface area contributed by atoms with Gasteiger partial charge in [0.25, 0.3) is 0 Å². The predicted molar refractivity (Wildman–Crippen MR) is 76.6 cm³/mol. The van der Waals surface area contributed by atoms with Crippen LogP contribution >= 0.6 is 11.3 Å². The maximum atomic E-state index is 12.3. The van der Waals surface area contributed by atoms with Crippen molar-refractivity contribution in [2.45, 2.75) is 56.4 Å². The number of rotatable bonds is 4. The van der Waals surface area contributed by atoms with Crippen molar-refractivity contribution in [1.82, 2.24) is 4.72 Å². The standard InChI is InChI=1S/C13H21NO3S2/c1-13(2)6-4-3-5-11(13)14-19(16,17)12-7-10(8-15)9-18-12/h7,9,11,14-15H,3-6,8H2,1-2H3. The molecular weight excluding hydrogens is 282 g/mol. The Hall–Kier alpha value is -0.430. The SMILES string of the molecule is CC1(C)CCCCC1NS(=O)(=O)c1cc(CO)cs1. The molecule has 1 unspecified atom stereocenters. The predicted octanol–water partition coefficient (Wildman–Crippen LogP) is 2.49. The van der Waals surface area contributed by atoms with Gasteiger partial charge < -0.3 is 5.11 Å². The topological polar surface area (TPSA) is 66.4 Å². The van der Waals surface area contributed by atoms with E-state index in [1.807, 2.05) is 0 Å². The van der Waals surface area contributed by atoms with E-state index in [0.717, 1.165) is 30.6 Å². The summed E-state index contributed by atoms with van der Waals surface area (Å²) >= 11 is 1.16. The highest BCUT2D eigenvalue weighted by Crippen LogP contribution is 2.36.